The van der Waals surface area contributed by atoms with Gasteiger partial charge in [0.25, 0.3) is 0 Å². The Bertz CT molecular complexity index is 999. The molecule has 0 aliphatic carbocycles. The second-order valence-electron chi connectivity index (χ2n) is 5.67. The molecule has 0 atom stereocenters. The van der Waals surface area contributed by atoms with Crippen molar-refractivity contribution in [3.8, 4) is 11.8 Å². The molecule has 0 unspecified atom stereocenters. The number of ether oxygens (including phenoxy) is 2. The fourth-order valence-corrected chi connectivity index (χ4v) is 3.27. The summed E-state index contributed by atoms with van der Waals surface area (Å²) in [5.41, 5.74) is 7.22. The van der Waals surface area contributed by atoms with Crippen molar-refractivity contribution >= 4 is 38.4 Å². The Balaban J connectivity index is 1.56. The quantitative estimate of drug-likeness (QED) is 0.502. The first-order chi connectivity index (χ1) is 13.7. The van der Waals surface area contributed by atoms with Gasteiger partial charge in [-0.1, -0.05) is 17.4 Å². The van der Waals surface area contributed by atoms with Crippen LogP contribution < -0.4 is 21.1 Å². The highest BCUT2D eigenvalue weighted by atomic mass is 32.1. The van der Waals surface area contributed by atoms with Gasteiger partial charge in [0, 0.05) is 18.3 Å². The number of hydrogen-bond acceptors (Lipinski definition) is 7. The van der Waals surface area contributed by atoms with Crippen LogP contribution in [-0.4, -0.2) is 37.4 Å². The van der Waals surface area contributed by atoms with Crippen molar-refractivity contribution in [1.29, 1.82) is 5.26 Å². The van der Waals surface area contributed by atoms with E-state index in [0.717, 1.165) is 10.2 Å². The van der Waals surface area contributed by atoms with Crippen molar-refractivity contribution in [1.82, 2.24) is 4.98 Å². The minimum absolute atomic E-state index is 0.395. The fourth-order valence-electron chi connectivity index (χ4n) is 2.37. The summed E-state index contributed by atoms with van der Waals surface area (Å²) in [6.45, 7) is 1.81. The van der Waals surface area contributed by atoms with Crippen LogP contribution in [0.2, 0.25) is 0 Å². The minimum Gasteiger partial charge on any atom is -0.491 e. The van der Waals surface area contributed by atoms with E-state index in [2.05, 4.69) is 21.7 Å². The topological polar surface area (TPSA) is 122 Å². The lowest BCUT2D eigenvalue weighted by molar-refractivity contribution is 0.106. The van der Waals surface area contributed by atoms with Gasteiger partial charge in [0.2, 0.25) is 0 Å². The SMILES string of the molecule is N#Cc1ccc2nc(NC(=O)Nc3cccc(OCCOCCN)c3)sc2c1. The van der Waals surface area contributed by atoms with E-state index in [1.807, 2.05) is 0 Å². The van der Waals surface area contributed by atoms with Gasteiger partial charge in [0.05, 0.1) is 35.1 Å². The molecule has 0 saturated carbocycles. The summed E-state index contributed by atoms with van der Waals surface area (Å²) >= 11 is 1.30. The highest BCUT2D eigenvalue weighted by molar-refractivity contribution is 7.22. The number of nitrogens with one attached hydrogen (secondary N) is 2. The van der Waals surface area contributed by atoms with Crippen molar-refractivity contribution in [2.45, 2.75) is 0 Å². The first-order valence-corrected chi connectivity index (χ1v) is 9.39. The summed E-state index contributed by atoms with van der Waals surface area (Å²) < 4.78 is 11.7. The number of carbonyl (C=O) groups is 1. The molecule has 2 amide bonds. The molecule has 28 heavy (non-hydrogen) atoms. The number of nitriles is 1. The van der Waals surface area contributed by atoms with Crippen LogP contribution in [0.5, 0.6) is 5.75 Å². The standard InChI is InChI=1S/C19H19N5O3S/c20-6-7-26-8-9-27-15-3-1-2-14(11-15)22-18(25)24-19-23-16-5-4-13(12-21)10-17(16)28-19/h1-5,10-11H,6-9,20H2,(H2,22,23,24,25). The third kappa shape index (κ3) is 5.40. The Hall–Kier alpha value is -3.19. The monoisotopic (exact) mass is 397 g/mol. The van der Waals surface area contributed by atoms with Crippen molar-refractivity contribution in [2.75, 3.05) is 37.0 Å². The summed E-state index contributed by atoms with van der Waals surface area (Å²) in [4.78, 5) is 16.6. The van der Waals surface area contributed by atoms with Gasteiger partial charge < -0.3 is 20.5 Å². The zero-order valence-electron chi connectivity index (χ0n) is 15.0. The van der Waals surface area contributed by atoms with Crippen LogP contribution in [-0.2, 0) is 4.74 Å². The molecule has 1 aromatic heterocycles. The van der Waals surface area contributed by atoms with E-state index in [1.165, 1.54) is 11.3 Å². The molecule has 9 heteroatoms. The summed E-state index contributed by atoms with van der Waals surface area (Å²) in [5.74, 6) is 0.623. The molecular weight excluding hydrogens is 378 g/mol. The zero-order chi connectivity index (χ0) is 19.8. The van der Waals surface area contributed by atoms with Gasteiger partial charge >= 0.3 is 6.03 Å². The van der Waals surface area contributed by atoms with Gasteiger partial charge in [-0.3, -0.25) is 5.32 Å². The predicted molar refractivity (Wildman–Crippen MR) is 109 cm³/mol. The van der Waals surface area contributed by atoms with Crippen LogP contribution in [0.25, 0.3) is 10.2 Å². The molecule has 1 heterocycles. The van der Waals surface area contributed by atoms with Crippen molar-refractivity contribution in [3.05, 3.63) is 48.0 Å². The average molecular weight is 397 g/mol. The van der Waals surface area contributed by atoms with E-state index >= 15 is 0 Å². The number of amides is 2. The van der Waals surface area contributed by atoms with E-state index in [4.69, 9.17) is 20.5 Å². The van der Waals surface area contributed by atoms with Crippen LogP contribution in [0.4, 0.5) is 15.6 Å². The van der Waals surface area contributed by atoms with Crippen LogP contribution in [0.1, 0.15) is 5.56 Å². The number of fused-ring (bicyclic) bond motifs is 1. The van der Waals surface area contributed by atoms with E-state index in [9.17, 15) is 4.79 Å². The van der Waals surface area contributed by atoms with Gasteiger partial charge in [-0.2, -0.15) is 5.26 Å². The zero-order valence-corrected chi connectivity index (χ0v) is 15.8. The molecule has 3 aromatic rings. The Kier molecular flexibility index (Phi) is 6.75. The molecule has 8 nitrogen and oxygen atoms in total. The normalized spacial score (nSPS) is 10.4. The number of anilines is 2. The molecule has 0 aliphatic heterocycles. The second-order valence-corrected chi connectivity index (χ2v) is 6.70. The lowest BCUT2D eigenvalue weighted by Gasteiger charge is -2.09. The number of nitrogens with two attached hydrogens (primary N) is 1. The first kappa shape index (κ1) is 19.6. The number of rotatable bonds is 8. The van der Waals surface area contributed by atoms with Gasteiger partial charge in [-0.05, 0) is 30.3 Å². The Morgan fingerprint density at radius 3 is 2.89 bits per heavy atom. The summed E-state index contributed by atoms with van der Waals surface area (Å²) in [6.07, 6.45) is 0. The van der Waals surface area contributed by atoms with Crippen LogP contribution in [0.3, 0.4) is 0 Å². The highest BCUT2D eigenvalue weighted by Gasteiger charge is 2.09. The Labute approximate surface area is 165 Å². The van der Waals surface area contributed by atoms with Crippen LogP contribution in [0.15, 0.2) is 42.5 Å². The molecule has 2 aromatic carbocycles. The average Bonchev–Trinajstić information content (AvgIpc) is 3.09. The smallest absolute Gasteiger partial charge is 0.325 e. The summed E-state index contributed by atoms with van der Waals surface area (Å²) in [6, 6.07) is 13.9. The molecular formula is C19H19N5O3S. The molecule has 0 radical (unpaired) electrons. The minimum atomic E-state index is -0.414. The molecule has 0 aliphatic rings. The third-order valence-electron chi connectivity index (χ3n) is 3.59. The molecule has 0 bridgehead atoms. The second kappa shape index (κ2) is 9.66. The maximum Gasteiger partial charge on any atom is 0.325 e. The molecule has 4 N–H and O–H groups in total. The third-order valence-corrected chi connectivity index (χ3v) is 4.52. The van der Waals surface area contributed by atoms with Gasteiger partial charge in [0.1, 0.15) is 12.4 Å². The number of thiazole rings is 1. The van der Waals surface area contributed by atoms with Crippen molar-refractivity contribution in [2.24, 2.45) is 5.73 Å². The molecule has 0 saturated heterocycles. The largest absolute Gasteiger partial charge is 0.491 e. The number of benzene rings is 2. The van der Waals surface area contributed by atoms with E-state index in [-0.39, 0.29) is 0 Å². The summed E-state index contributed by atoms with van der Waals surface area (Å²) in [7, 11) is 0. The Morgan fingerprint density at radius 1 is 1.18 bits per heavy atom. The number of urea groups is 1. The fraction of sp³-hybridized carbons (Fsp3) is 0.211. The summed E-state index contributed by atoms with van der Waals surface area (Å²) in [5, 5.41) is 14.9. The first-order valence-electron chi connectivity index (χ1n) is 8.57. The van der Waals surface area contributed by atoms with Crippen LogP contribution in [0, 0.1) is 11.3 Å². The number of carbonyl (C=O) groups excluding carboxylic acids is 1. The van der Waals surface area contributed by atoms with Crippen molar-refractivity contribution < 1.29 is 14.3 Å². The predicted octanol–water partition coefficient (Wildman–Crippen LogP) is 3.17. The highest BCUT2D eigenvalue weighted by Crippen LogP contribution is 2.27. The van der Waals surface area contributed by atoms with Gasteiger partial charge in [-0.25, -0.2) is 9.78 Å². The number of aromatic nitrogens is 1. The number of hydrogen-bond donors (Lipinski definition) is 3. The van der Waals surface area contributed by atoms with Gasteiger partial charge in [0.15, 0.2) is 5.13 Å². The lowest BCUT2D eigenvalue weighted by atomic mass is 10.2. The van der Waals surface area contributed by atoms with E-state index < -0.39 is 6.03 Å². The number of nitrogens with zero attached hydrogens (tertiary/aromatic N) is 2. The van der Waals surface area contributed by atoms with Crippen molar-refractivity contribution in [3.63, 3.8) is 0 Å². The van der Waals surface area contributed by atoms with Crippen LogP contribution >= 0.6 is 11.3 Å². The van der Waals surface area contributed by atoms with E-state index in [0.29, 0.717) is 48.5 Å². The maximum absolute atomic E-state index is 12.2. The lowest BCUT2D eigenvalue weighted by Crippen LogP contribution is -2.19. The molecule has 0 fully saturated rings. The molecule has 144 valence electrons. The maximum atomic E-state index is 12.2. The Morgan fingerprint density at radius 2 is 2.07 bits per heavy atom. The van der Waals surface area contributed by atoms with E-state index in [1.54, 1.807) is 42.5 Å². The molecule has 0 spiro atoms. The molecule has 3 rings (SSSR count). The van der Waals surface area contributed by atoms with Gasteiger partial charge in [-0.15, -0.1) is 0 Å².